The molecule has 0 aromatic carbocycles. The lowest BCUT2D eigenvalue weighted by molar-refractivity contribution is -0.120. The van der Waals surface area contributed by atoms with E-state index in [0.717, 1.165) is 0 Å². The summed E-state index contributed by atoms with van der Waals surface area (Å²) in [6.45, 7) is 9.49. The number of primary amides is 1. The molecule has 0 bridgehead atoms. The third-order valence-electron chi connectivity index (χ3n) is 1.52. The lowest BCUT2D eigenvalue weighted by Crippen LogP contribution is -2.33. The zero-order chi connectivity index (χ0) is 12.9. The van der Waals surface area contributed by atoms with Crippen LogP contribution in [0.1, 0.15) is 47.5 Å². The average molecular weight is 218 g/mol. The topological polar surface area (TPSA) is 72.2 Å². The van der Waals surface area contributed by atoms with Gasteiger partial charge in [-0.15, -0.1) is 0 Å². The van der Waals surface area contributed by atoms with Crippen molar-refractivity contribution in [2.45, 2.75) is 53.5 Å². The molecule has 1 amide bonds. The molecule has 0 heterocycles. The Morgan fingerprint density at radius 2 is 1.60 bits per heavy atom. The smallest absolute Gasteiger partial charge is 0.217 e. The highest BCUT2D eigenvalue weighted by molar-refractivity contribution is 5.82. The second kappa shape index (κ2) is 15.6. The first kappa shape index (κ1) is 19.6. The highest BCUT2D eigenvalue weighted by atomic mass is 16.1. The van der Waals surface area contributed by atoms with Crippen molar-refractivity contribution >= 4 is 11.7 Å². The van der Waals surface area contributed by atoms with Gasteiger partial charge in [-0.2, -0.15) is 0 Å². The number of rotatable bonds is 5. The molecule has 0 aliphatic rings. The van der Waals surface area contributed by atoms with E-state index in [1.165, 1.54) is 6.92 Å². The number of hydrogen-bond acceptors (Lipinski definition) is 3. The Morgan fingerprint density at radius 3 is 1.80 bits per heavy atom. The van der Waals surface area contributed by atoms with Gasteiger partial charge in [0.15, 0.2) is 0 Å². The summed E-state index contributed by atoms with van der Waals surface area (Å²) in [6, 6.07) is -0.234. The lowest BCUT2D eigenvalue weighted by Gasteiger charge is -2.10. The molecular weight excluding hydrogens is 192 g/mol. The number of carbonyl (C=O) groups excluding carboxylic acids is 2. The van der Waals surface area contributed by atoms with Crippen molar-refractivity contribution in [1.29, 1.82) is 0 Å². The van der Waals surface area contributed by atoms with E-state index in [-0.39, 0.29) is 24.2 Å². The van der Waals surface area contributed by atoms with Crippen molar-refractivity contribution in [1.82, 2.24) is 5.32 Å². The zero-order valence-corrected chi connectivity index (χ0v) is 10.9. The van der Waals surface area contributed by atoms with E-state index in [4.69, 9.17) is 5.73 Å². The first-order chi connectivity index (χ1) is 7.07. The second-order valence-corrected chi connectivity index (χ2v) is 2.46. The Balaban J connectivity index is -0.000000318. The van der Waals surface area contributed by atoms with Gasteiger partial charge < -0.3 is 11.1 Å². The SMILES string of the molecule is CC.CC.CNC(CCC(N)=O)C(C)=O. The maximum atomic E-state index is 10.8. The third-order valence-corrected chi connectivity index (χ3v) is 1.52. The molecule has 0 saturated heterocycles. The van der Waals surface area contributed by atoms with Crippen LogP contribution in [0.2, 0.25) is 0 Å². The Hall–Kier alpha value is -0.900. The third kappa shape index (κ3) is 15.8. The maximum absolute atomic E-state index is 10.8. The molecule has 4 nitrogen and oxygen atoms in total. The number of nitrogens with one attached hydrogen (secondary N) is 1. The Morgan fingerprint density at radius 1 is 1.20 bits per heavy atom. The normalized spacial score (nSPS) is 10.0. The van der Waals surface area contributed by atoms with E-state index in [0.29, 0.717) is 6.42 Å². The van der Waals surface area contributed by atoms with Crippen LogP contribution < -0.4 is 11.1 Å². The number of Topliss-reactive ketones (excluding diaryl/α,β-unsaturated/α-hetero) is 1. The predicted molar refractivity (Wildman–Crippen MR) is 64.7 cm³/mol. The number of hydrogen-bond donors (Lipinski definition) is 2. The zero-order valence-electron chi connectivity index (χ0n) is 10.9. The van der Waals surface area contributed by atoms with Crippen LogP contribution in [0.25, 0.3) is 0 Å². The van der Waals surface area contributed by atoms with Gasteiger partial charge >= 0.3 is 0 Å². The van der Waals surface area contributed by atoms with Gasteiger partial charge in [0, 0.05) is 6.42 Å². The fourth-order valence-corrected chi connectivity index (χ4v) is 0.837. The van der Waals surface area contributed by atoms with Crippen LogP contribution in [0.15, 0.2) is 0 Å². The highest BCUT2D eigenvalue weighted by Gasteiger charge is 2.11. The van der Waals surface area contributed by atoms with Crippen molar-refractivity contribution in [3.8, 4) is 0 Å². The molecule has 3 N–H and O–H groups in total. The number of amides is 1. The van der Waals surface area contributed by atoms with Crippen molar-refractivity contribution < 1.29 is 9.59 Å². The fraction of sp³-hybridized carbons (Fsp3) is 0.818. The molecule has 92 valence electrons. The van der Waals surface area contributed by atoms with Crippen molar-refractivity contribution in [2.24, 2.45) is 5.73 Å². The first-order valence-corrected chi connectivity index (χ1v) is 5.54. The summed E-state index contributed by atoms with van der Waals surface area (Å²) in [5.74, 6) is -0.333. The summed E-state index contributed by atoms with van der Waals surface area (Å²) in [5, 5.41) is 2.80. The van der Waals surface area contributed by atoms with Gasteiger partial charge in [0.05, 0.1) is 6.04 Å². The monoisotopic (exact) mass is 218 g/mol. The Kier molecular flexibility index (Phi) is 20.4. The van der Waals surface area contributed by atoms with Gasteiger partial charge in [0.25, 0.3) is 0 Å². The summed E-state index contributed by atoms with van der Waals surface area (Å²) in [6.07, 6.45) is 0.742. The minimum Gasteiger partial charge on any atom is -0.370 e. The minimum atomic E-state index is -0.369. The molecule has 0 saturated carbocycles. The highest BCUT2D eigenvalue weighted by Crippen LogP contribution is 1.96. The van der Waals surface area contributed by atoms with Gasteiger partial charge in [-0.25, -0.2) is 0 Å². The lowest BCUT2D eigenvalue weighted by atomic mass is 10.1. The summed E-state index contributed by atoms with van der Waals surface area (Å²) >= 11 is 0. The first-order valence-electron chi connectivity index (χ1n) is 5.54. The van der Waals surface area contributed by atoms with Crippen LogP contribution in [0, 0.1) is 0 Å². The molecular formula is C11H26N2O2. The van der Waals surface area contributed by atoms with E-state index in [9.17, 15) is 9.59 Å². The second-order valence-electron chi connectivity index (χ2n) is 2.46. The largest absolute Gasteiger partial charge is 0.370 e. The molecule has 0 spiro atoms. The average Bonchev–Trinajstić information content (AvgIpc) is 2.24. The molecule has 15 heavy (non-hydrogen) atoms. The van der Waals surface area contributed by atoms with Gasteiger partial charge in [0.1, 0.15) is 5.78 Å². The van der Waals surface area contributed by atoms with Gasteiger partial charge in [-0.3, -0.25) is 9.59 Å². The van der Waals surface area contributed by atoms with Crippen LogP contribution in [-0.4, -0.2) is 24.8 Å². The maximum Gasteiger partial charge on any atom is 0.217 e. The molecule has 0 rings (SSSR count). The van der Waals surface area contributed by atoms with Crippen LogP contribution in [-0.2, 0) is 9.59 Å². The number of ketones is 1. The number of nitrogens with two attached hydrogens (primary N) is 1. The summed E-state index contributed by atoms with van der Waals surface area (Å²) in [5.41, 5.74) is 4.92. The fourth-order valence-electron chi connectivity index (χ4n) is 0.837. The molecule has 0 radical (unpaired) electrons. The number of carbonyl (C=O) groups is 2. The van der Waals surface area contributed by atoms with Crippen LogP contribution >= 0.6 is 0 Å². The Bertz CT molecular complexity index is 159. The number of likely N-dealkylation sites (N-methyl/N-ethyl adjacent to an activating group) is 1. The minimum absolute atomic E-state index is 0.0359. The quantitative estimate of drug-likeness (QED) is 0.734. The van der Waals surface area contributed by atoms with E-state index < -0.39 is 0 Å². The van der Waals surface area contributed by atoms with E-state index in [2.05, 4.69) is 5.32 Å². The molecule has 0 aromatic heterocycles. The predicted octanol–water partition coefficient (Wildman–Crippen LogP) is 1.48. The van der Waals surface area contributed by atoms with E-state index >= 15 is 0 Å². The van der Waals surface area contributed by atoms with Crippen LogP contribution in [0.3, 0.4) is 0 Å². The molecule has 4 heteroatoms. The molecule has 0 aromatic rings. The molecule has 0 fully saturated rings. The van der Waals surface area contributed by atoms with Gasteiger partial charge in [-0.05, 0) is 20.4 Å². The molecule has 1 unspecified atom stereocenters. The van der Waals surface area contributed by atoms with Crippen LogP contribution in [0.5, 0.6) is 0 Å². The van der Waals surface area contributed by atoms with Gasteiger partial charge in [-0.1, -0.05) is 27.7 Å². The summed E-state index contributed by atoms with van der Waals surface area (Å²) in [4.78, 5) is 21.1. The Labute approximate surface area is 93.6 Å². The van der Waals surface area contributed by atoms with E-state index in [1.54, 1.807) is 7.05 Å². The van der Waals surface area contributed by atoms with Crippen LogP contribution in [0.4, 0.5) is 0 Å². The van der Waals surface area contributed by atoms with Crippen molar-refractivity contribution in [3.05, 3.63) is 0 Å². The van der Waals surface area contributed by atoms with Crippen molar-refractivity contribution in [3.63, 3.8) is 0 Å². The summed E-state index contributed by atoms with van der Waals surface area (Å²) in [7, 11) is 1.69. The van der Waals surface area contributed by atoms with Gasteiger partial charge in [0.2, 0.25) is 5.91 Å². The summed E-state index contributed by atoms with van der Waals surface area (Å²) < 4.78 is 0. The standard InChI is InChI=1S/C7H14N2O2.2C2H6/c1-5(10)6(9-2)3-4-7(8)11;2*1-2/h6,9H,3-4H2,1-2H3,(H2,8,11);2*1-2H3. The molecule has 0 aliphatic heterocycles. The molecule has 1 atom stereocenters. The van der Waals surface area contributed by atoms with E-state index in [1.807, 2.05) is 27.7 Å². The molecule has 0 aliphatic carbocycles. The van der Waals surface area contributed by atoms with Crippen molar-refractivity contribution in [2.75, 3.05) is 7.05 Å².